The molecule has 5 nitrogen and oxygen atoms in total. The first-order valence-corrected chi connectivity index (χ1v) is 9.30. The highest BCUT2D eigenvalue weighted by Crippen LogP contribution is 2.28. The molecule has 136 valence electrons. The van der Waals surface area contributed by atoms with Gasteiger partial charge < -0.3 is 20.3 Å². The van der Waals surface area contributed by atoms with E-state index in [4.69, 9.17) is 4.74 Å². The van der Waals surface area contributed by atoms with Crippen molar-refractivity contribution < 1.29 is 9.53 Å². The number of nitrogens with zero attached hydrogens (tertiary/aromatic N) is 1. The van der Waals surface area contributed by atoms with Crippen LogP contribution in [0.2, 0.25) is 0 Å². The molecule has 1 saturated heterocycles. The highest BCUT2D eigenvalue weighted by atomic mass is 16.5. The first kappa shape index (κ1) is 17.1. The Morgan fingerprint density at radius 2 is 1.96 bits per heavy atom. The molecule has 2 N–H and O–H groups in total. The maximum Gasteiger partial charge on any atom is 0.250 e. The molecular weight excluding hydrogens is 326 g/mol. The lowest BCUT2D eigenvalue weighted by molar-refractivity contribution is -0.134. The Bertz CT molecular complexity index is 754. The summed E-state index contributed by atoms with van der Waals surface area (Å²) in [5.41, 5.74) is 5.18. The van der Waals surface area contributed by atoms with E-state index in [0.29, 0.717) is 19.7 Å². The molecule has 0 aromatic heterocycles. The minimum absolute atomic E-state index is 0.0463. The molecule has 0 aliphatic carbocycles. The van der Waals surface area contributed by atoms with Crippen LogP contribution in [0.3, 0.4) is 0 Å². The summed E-state index contributed by atoms with van der Waals surface area (Å²) in [7, 11) is 0. The van der Waals surface area contributed by atoms with Crippen LogP contribution in [-0.2, 0) is 29.0 Å². The molecular formula is C21H25N3O2. The molecule has 2 aliphatic rings. The zero-order valence-corrected chi connectivity index (χ0v) is 14.9. The zero-order valence-electron chi connectivity index (χ0n) is 14.9. The Labute approximate surface area is 154 Å². The largest absolute Gasteiger partial charge is 0.367 e. The average molecular weight is 351 g/mol. The van der Waals surface area contributed by atoms with Crippen molar-refractivity contribution in [2.75, 3.05) is 31.1 Å². The highest BCUT2D eigenvalue weighted by molar-refractivity contribution is 5.81. The van der Waals surface area contributed by atoms with Crippen molar-refractivity contribution in [2.45, 2.75) is 25.6 Å². The maximum absolute atomic E-state index is 12.1. The summed E-state index contributed by atoms with van der Waals surface area (Å²) in [4.78, 5) is 14.5. The third-order valence-corrected chi connectivity index (χ3v) is 5.07. The van der Waals surface area contributed by atoms with Crippen LogP contribution in [0, 0.1) is 0 Å². The summed E-state index contributed by atoms with van der Waals surface area (Å²) in [6.45, 7) is 4.52. The molecule has 0 bridgehead atoms. The number of para-hydroxylation sites is 1. The van der Waals surface area contributed by atoms with E-state index >= 15 is 0 Å². The molecule has 4 rings (SSSR count). The van der Waals surface area contributed by atoms with Gasteiger partial charge in [0, 0.05) is 38.4 Å². The zero-order chi connectivity index (χ0) is 17.8. The third-order valence-electron chi connectivity index (χ3n) is 5.07. The van der Waals surface area contributed by atoms with Crippen LogP contribution in [-0.4, -0.2) is 38.3 Å². The second-order valence-corrected chi connectivity index (χ2v) is 6.90. The second kappa shape index (κ2) is 7.89. The predicted octanol–water partition coefficient (Wildman–Crippen LogP) is 1.85. The SMILES string of the molecule is O=C(NCc1ccc(CN2CCc3ccccc32)cc1)[C@H]1CNCCO1. The Kier molecular flexibility index (Phi) is 5.18. The fraction of sp³-hybridized carbons (Fsp3) is 0.381. The molecule has 26 heavy (non-hydrogen) atoms. The quantitative estimate of drug-likeness (QED) is 0.863. The van der Waals surface area contributed by atoms with Crippen molar-refractivity contribution in [3.63, 3.8) is 0 Å². The summed E-state index contributed by atoms with van der Waals surface area (Å²) in [6, 6.07) is 17.1. The van der Waals surface area contributed by atoms with Crippen LogP contribution in [0.15, 0.2) is 48.5 Å². The number of hydrogen-bond donors (Lipinski definition) is 2. The van der Waals surface area contributed by atoms with Crippen LogP contribution in [0.5, 0.6) is 0 Å². The fourth-order valence-corrected chi connectivity index (χ4v) is 3.59. The molecule has 1 atom stereocenters. The topological polar surface area (TPSA) is 53.6 Å². The molecule has 0 spiro atoms. The predicted molar refractivity (Wildman–Crippen MR) is 102 cm³/mol. The maximum atomic E-state index is 12.1. The van der Waals surface area contributed by atoms with Gasteiger partial charge in [0.05, 0.1) is 6.61 Å². The number of carbonyl (C=O) groups excluding carboxylic acids is 1. The van der Waals surface area contributed by atoms with Crippen LogP contribution in [0.1, 0.15) is 16.7 Å². The van der Waals surface area contributed by atoms with E-state index in [0.717, 1.165) is 31.6 Å². The van der Waals surface area contributed by atoms with Crippen molar-refractivity contribution in [1.29, 1.82) is 0 Å². The number of benzene rings is 2. The fourth-order valence-electron chi connectivity index (χ4n) is 3.59. The monoisotopic (exact) mass is 351 g/mol. The highest BCUT2D eigenvalue weighted by Gasteiger charge is 2.21. The van der Waals surface area contributed by atoms with Crippen molar-refractivity contribution in [1.82, 2.24) is 10.6 Å². The molecule has 2 aromatic carbocycles. The molecule has 0 saturated carbocycles. The number of ether oxygens (including phenoxy) is 1. The van der Waals surface area contributed by atoms with Crippen LogP contribution >= 0.6 is 0 Å². The lowest BCUT2D eigenvalue weighted by Crippen LogP contribution is -2.47. The molecule has 2 heterocycles. The van der Waals surface area contributed by atoms with Crippen molar-refractivity contribution in [3.8, 4) is 0 Å². The summed E-state index contributed by atoms with van der Waals surface area (Å²) in [5, 5.41) is 6.13. The lowest BCUT2D eigenvalue weighted by atomic mass is 10.1. The number of fused-ring (bicyclic) bond motifs is 1. The van der Waals surface area contributed by atoms with Gasteiger partial charge in [0.25, 0.3) is 5.91 Å². The normalized spacial score (nSPS) is 19.2. The van der Waals surface area contributed by atoms with E-state index in [1.165, 1.54) is 16.8 Å². The summed E-state index contributed by atoms with van der Waals surface area (Å²) >= 11 is 0. The number of carbonyl (C=O) groups is 1. The second-order valence-electron chi connectivity index (χ2n) is 6.90. The van der Waals surface area contributed by atoms with Gasteiger partial charge in [-0.3, -0.25) is 4.79 Å². The van der Waals surface area contributed by atoms with Gasteiger partial charge in [-0.1, -0.05) is 42.5 Å². The molecule has 1 fully saturated rings. The number of anilines is 1. The van der Waals surface area contributed by atoms with Gasteiger partial charge in [-0.15, -0.1) is 0 Å². The number of nitrogens with one attached hydrogen (secondary N) is 2. The molecule has 2 aromatic rings. The van der Waals surface area contributed by atoms with Crippen molar-refractivity contribution >= 4 is 11.6 Å². The van der Waals surface area contributed by atoms with Crippen LogP contribution < -0.4 is 15.5 Å². The third kappa shape index (κ3) is 3.89. The number of rotatable bonds is 5. The number of hydrogen-bond acceptors (Lipinski definition) is 4. The molecule has 0 radical (unpaired) electrons. The summed E-state index contributed by atoms with van der Waals surface area (Å²) < 4.78 is 5.47. The molecule has 5 heteroatoms. The van der Waals surface area contributed by atoms with Gasteiger partial charge in [-0.2, -0.15) is 0 Å². The van der Waals surface area contributed by atoms with E-state index in [9.17, 15) is 4.79 Å². The molecule has 0 unspecified atom stereocenters. The van der Waals surface area contributed by atoms with Gasteiger partial charge in [0.15, 0.2) is 0 Å². The van der Waals surface area contributed by atoms with Crippen molar-refractivity contribution in [2.24, 2.45) is 0 Å². The van der Waals surface area contributed by atoms with Gasteiger partial charge in [-0.05, 0) is 29.2 Å². The van der Waals surface area contributed by atoms with Gasteiger partial charge >= 0.3 is 0 Å². The minimum Gasteiger partial charge on any atom is -0.367 e. The number of amides is 1. The Morgan fingerprint density at radius 1 is 1.15 bits per heavy atom. The van der Waals surface area contributed by atoms with Crippen molar-refractivity contribution in [3.05, 3.63) is 65.2 Å². The van der Waals surface area contributed by atoms with Crippen LogP contribution in [0.4, 0.5) is 5.69 Å². The Hall–Kier alpha value is -2.37. The van der Waals surface area contributed by atoms with Gasteiger partial charge in [-0.25, -0.2) is 0 Å². The van der Waals surface area contributed by atoms with Gasteiger partial charge in [0.1, 0.15) is 6.10 Å². The first-order chi connectivity index (χ1) is 12.8. The molecule has 2 aliphatic heterocycles. The average Bonchev–Trinajstić information content (AvgIpc) is 3.11. The summed E-state index contributed by atoms with van der Waals surface area (Å²) in [5.74, 6) is -0.0463. The smallest absolute Gasteiger partial charge is 0.250 e. The van der Waals surface area contributed by atoms with E-state index in [2.05, 4.69) is 64.1 Å². The minimum atomic E-state index is -0.377. The molecule has 1 amide bonds. The Balaban J connectivity index is 1.30. The standard InChI is InChI=1S/C21H25N3O2/c25-21(20-14-22-10-12-26-20)23-13-16-5-7-17(8-6-16)15-24-11-9-18-3-1-2-4-19(18)24/h1-8,20,22H,9-15H2,(H,23,25)/t20-/m1/s1. The lowest BCUT2D eigenvalue weighted by Gasteiger charge is -2.22. The summed E-state index contributed by atoms with van der Waals surface area (Å²) in [6.07, 6.45) is 0.747. The first-order valence-electron chi connectivity index (χ1n) is 9.30. The number of morpholine rings is 1. The Morgan fingerprint density at radius 3 is 2.77 bits per heavy atom. The van der Waals surface area contributed by atoms with Gasteiger partial charge in [0.2, 0.25) is 0 Å². The van der Waals surface area contributed by atoms with Crippen LogP contribution in [0.25, 0.3) is 0 Å². The van der Waals surface area contributed by atoms with E-state index in [-0.39, 0.29) is 12.0 Å². The van der Waals surface area contributed by atoms with E-state index < -0.39 is 0 Å². The van der Waals surface area contributed by atoms with E-state index in [1.54, 1.807) is 0 Å². The van der Waals surface area contributed by atoms with E-state index in [1.807, 2.05) is 0 Å².